The summed E-state index contributed by atoms with van der Waals surface area (Å²) in [5, 5.41) is 3.40. The molecule has 156 valence electrons. The van der Waals surface area contributed by atoms with Crippen LogP contribution in [-0.2, 0) is 9.47 Å². The fourth-order valence-corrected chi connectivity index (χ4v) is 4.52. The second-order valence-electron chi connectivity index (χ2n) is 8.62. The van der Waals surface area contributed by atoms with Crippen LogP contribution in [0.2, 0.25) is 0 Å². The normalized spacial score (nSPS) is 24.2. The highest BCUT2D eigenvalue weighted by Crippen LogP contribution is 2.44. The number of anilines is 1. The van der Waals surface area contributed by atoms with Crippen molar-refractivity contribution in [3.8, 4) is 5.75 Å². The first-order valence-corrected chi connectivity index (χ1v) is 11.0. The molecule has 1 aromatic rings. The minimum atomic E-state index is -0.467. The molecule has 2 aliphatic rings. The van der Waals surface area contributed by atoms with Crippen molar-refractivity contribution in [1.82, 2.24) is 0 Å². The zero-order chi connectivity index (χ0) is 20.0. The number of hydrogen-bond acceptors (Lipinski definition) is 4. The summed E-state index contributed by atoms with van der Waals surface area (Å²) in [5.74, 6) is 1.70. The molecule has 0 amide bonds. The van der Waals surface area contributed by atoms with Gasteiger partial charge in [0.25, 0.3) is 0 Å². The van der Waals surface area contributed by atoms with Gasteiger partial charge in [-0.1, -0.05) is 38.2 Å². The Hall–Kier alpha value is -1.52. The van der Waals surface area contributed by atoms with E-state index >= 15 is 0 Å². The van der Waals surface area contributed by atoms with Crippen LogP contribution in [-0.4, -0.2) is 31.5 Å². The van der Waals surface area contributed by atoms with Gasteiger partial charge in [-0.2, -0.15) is 0 Å². The topological polar surface area (TPSA) is 39.7 Å². The lowest BCUT2D eigenvalue weighted by molar-refractivity contribution is -0.158. The summed E-state index contributed by atoms with van der Waals surface area (Å²) in [6.45, 7) is 12.2. The van der Waals surface area contributed by atoms with Gasteiger partial charge in [-0.15, -0.1) is 6.58 Å². The molecule has 28 heavy (non-hydrogen) atoms. The third-order valence-corrected chi connectivity index (χ3v) is 5.97. The molecule has 0 saturated heterocycles. The van der Waals surface area contributed by atoms with Gasteiger partial charge < -0.3 is 19.5 Å². The van der Waals surface area contributed by atoms with E-state index in [1.807, 2.05) is 0 Å². The number of ether oxygens (including phenoxy) is 3. The predicted octanol–water partition coefficient (Wildman–Crippen LogP) is 5.89. The molecule has 1 aliphatic carbocycles. The highest BCUT2D eigenvalue weighted by molar-refractivity contribution is 5.53. The summed E-state index contributed by atoms with van der Waals surface area (Å²) >= 11 is 0. The maximum Gasteiger partial charge on any atom is 0.132 e. The molecule has 3 rings (SSSR count). The van der Waals surface area contributed by atoms with Gasteiger partial charge in [-0.05, 0) is 51.3 Å². The van der Waals surface area contributed by atoms with E-state index in [9.17, 15) is 0 Å². The molecule has 4 nitrogen and oxygen atoms in total. The van der Waals surface area contributed by atoms with Gasteiger partial charge in [0.1, 0.15) is 23.6 Å². The van der Waals surface area contributed by atoms with Gasteiger partial charge >= 0.3 is 0 Å². The van der Waals surface area contributed by atoms with Gasteiger partial charge in [0.15, 0.2) is 0 Å². The van der Waals surface area contributed by atoms with Crippen LogP contribution in [0.25, 0.3) is 0 Å². The van der Waals surface area contributed by atoms with Crippen LogP contribution < -0.4 is 10.1 Å². The number of benzene rings is 1. The molecule has 2 unspecified atom stereocenters. The first-order valence-electron chi connectivity index (χ1n) is 11.0. The third-order valence-electron chi connectivity index (χ3n) is 5.97. The standard InChI is InChI=1S/C24H37NO3/c1-5-15-27-23-22(26-16-14-18-10-8-7-9-11-18)20-17-19(25-6-2)12-13-21(20)28-24(23,3)4/h5,12-13,17-18,22-23,25H,1,6-11,14-16H2,2-4H3. The maximum absolute atomic E-state index is 6.52. The fourth-order valence-electron chi connectivity index (χ4n) is 4.52. The summed E-state index contributed by atoms with van der Waals surface area (Å²) in [7, 11) is 0. The lowest BCUT2D eigenvalue weighted by Gasteiger charge is -2.44. The summed E-state index contributed by atoms with van der Waals surface area (Å²) < 4.78 is 19.0. The van der Waals surface area contributed by atoms with E-state index in [2.05, 4.69) is 50.9 Å². The van der Waals surface area contributed by atoms with Gasteiger partial charge in [0.05, 0.1) is 6.61 Å². The molecule has 4 heteroatoms. The van der Waals surface area contributed by atoms with Crippen molar-refractivity contribution in [2.75, 3.05) is 25.1 Å². The van der Waals surface area contributed by atoms with Gasteiger partial charge in [-0.3, -0.25) is 0 Å². The molecule has 2 atom stereocenters. The van der Waals surface area contributed by atoms with Gasteiger partial charge in [0, 0.05) is 24.4 Å². The third kappa shape index (κ3) is 5.09. The molecule has 1 aliphatic heterocycles. The first-order chi connectivity index (χ1) is 13.5. The van der Waals surface area contributed by atoms with Crippen molar-refractivity contribution >= 4 is 5.69 Å². The van der Waals surface area contributed by atoms with E-state index in [1.165, 1.54) is 32.1 Å². The predicted molar refractivity (Wildman–Crippen MR) is 115 cm³/mol. The van der Waals surface area contributed by atoms with Crippen molar-refractivity contribution in [1.29, 1.82) is 0 Å². The second kappa shape index (κ2) is 9.80. The number of fused-ring (bicyclic) bond motifs is 1. The molecule has 1 saturated carbocycles. The minimum Gasteiger partial charge on any atom is -0.485 e. The van der Waals surface area contributed by atoms with Crippen molar-refractivity contribution in [2.24, 2.45) is 5.92 Å². The van der Waals surface area contributed by atoms with E-state index in [1.54, 1.807) is 6.08 Å². The Morgan fingerprint density at radius 2 is 2.00 bits per heavy atom. The summed E-state index contributed by atoms with van der Waals surface area (Å²) in [5.41, 5.74) is 1.70. The average molecular weight is 388 g/mol. The smallest absolute Gasteiger partial charge is 0.132 e. The second-order valence-corrected chi connectivity index (χ2v) is 8.62. The van der Waals surface area contributed by atoms with Crippen molar-refractivity contribution < 1.29 is 14.2 Å². The zero-order valence-electron chi connectivity index (χ0n) is 17.8. The highest BCUT2D eigenvalue weighted by Gasteiger charge is 2.45. The molecule has 1 fully saturated rings. The van der Waals surface area contributed by atoms with Gasteiger partial charge in [0.2, 0.25) is 0 Å². The summed E-state index contributed by atoms with van der Waals surface area (Å²) in [6.07, 6.45) is 9.43. The van der Waals surface area contributed by atoms with Crippen LogP contribution in [0.5, 0.6) is 5.75 Å². The molecule has 0 aromatic heterocycles. The van der Waals surface area contributed by atoms with E-state index < -0.39 is 5.60 Å². The van der Waals surface area contributed by atoms with E-state index in [0.717, 1.165) is 42.5 Å². The molecular formula is C24H37NO3. The van der Waals surface area contributed by atoms with Crippen LogP contribution >= 0.6 is 0 Å². The lowest BCUT2D eigenvalue weighted by atomic mass is 9.86. The molecule has 1 heterocycles. The molecular weight excluding hydrogens is 350 g/mol. The van der Waals surface area contributed by atoms with Crippen molar-refractivity contribution in [3.63, 3.8) is 0 Å². The Labute approximate surface area is 170 Å². The van der Waals surface area contributed by atoms with Crippen LogP contribution in [0.15, 0.2) is 30.9 Å². The fraction of sp³-hybridized carbons (Fsp3) is 0.667. The number of nitrogens with one attached hydrogen (secondary N) is 1. The van der Waals surface area contributed by atoms with Crippen LogP contribution in [0.1, 0.15) is 71.0 Å². The Morgan fingerprint density at radius 3 is 2.71 bits per heavy atom. The molecule has 0 bridgehead atoms. The first kappa shape index (κ1) is 21.2. The van der Waals surface area contributed by atoms with Crippen LogP contribution in [0.4, 0.5) is 5.69 Å². The van der Waals surface area contributed by atoms with Crippen LogP contribution in [0.3, 0.4) is 0 Å². The minimum absolute atomic E-state index is 0.138. The Bertz CT molecular complexity index is 637. The lowest BCUT2D eigenvalue weighted by Crippen LogP contribution is -2.51. The quantitative estimate of drug-likeness (QED) is 0.536. The molecule has 0 spiro atoms. The highest BCUT2D eigenvalue weighted by atomic mass is 16.6. The van der Waals surface area contributed by atoms with Crippen molar-refractivity contribution in [3.05, 3.63) is 36.4 Å². The SMILES string of the molecule is C=CCOC1C(OCCC2CCCCC2)c2cc(NCC)ccc2OC1(C)C. The largest absolute Gasteiger partial charge is 0.485 e. The Morgan fingerprint density at radius 1 is 1.21 bits per heavy atom. The van der Waals surface area contributed by atoms with Gasteiger partial charge in [-0.25, -0.2) is 0 Å². The molecule has 0 radical (unpaired) electrons. The average Bonchev–Trinajstić information content (AvgIpc) is 2.68. The summed E-state index contributed by atoms with van der Waals surface area (Å²) in [4.78, 5) is 0. The molecule has 1 N–H and O–H groups in total. The van der Waals surface area contributed by atoms with Crippen molar-refractivity contribution in [2.45, 2.75) is 77.1 Å². The van der Waals surface area contributed by atoms with E-state index in [-0.39, 0.29) is 12.2 Å². The monoisotopic (exact) mass is 387 g/mol. The maximum atomic E-state index is 6.52. The summed E-state index contributed by atoms with van der Waals surface area (Å²) in [6, 6.07) is 6.28. The Kier molecular flexibility index (Phi) is 7.42. The number of hydrogen-bond donors (Lipinski definition) is 1. The Balaban J connectivity index is 1.79. The van der Waals surface area contributed by atoms with E-state index in [4.69, 9.17) is 14.2 Å². The van der Waals surface area contributed by atoms with Crippen LogP contribution in [0, 0.1) is 5.92 Å². The number of rotatable bonds is 9. The molecule has 1 aromatic carbocycles. The zero-order valence-corrected chi connectivity index (χ0v) is 17.8. The van der Waals surface area contributed by atoms with E-state index in [0.29, 0.717) is 6.61 Å².